The smallest absolute Gasteiger partial charge is 0.341 e. The Morgan fingerprint density at radius 2 is 1.96 bits per heavy atom. The van der Waals surface area contributed by atoms with Crippen molar-refractivity contribution in [2.45, 2.75) is 51.7 Å². The van der Waals surface area contributed by atoms with E-state index in [2.05, 4.69) is 0 Å². The summed E-state index contributed by atoms with van der Waals surface area (Å²) in [6, 6.07) is 3.96. The van der Waals surface area contributed by atoms with Crippen molar-refractivity contribution in [3.8, 4) is 5.00 Å². The number of nitrogens with zero attached hydrogens (tertiary/aromatic N) is 2. The second-order valence-electron chi connectivity index (χ2n) is 7.48. The standard InChI is InChI=1S/C21H26N2O4S/c1-14-15(2)28-20(22-9-5-6-10-22)19(14)21(25)27-13-18(24)23-11-12-26-17-8-4-3-7-16(17)23/h5-6,9-10,16-17H,3-4,7-8,11-13H2,1-2H3. The minimum absolute atomic E-state index is 0.120. The molecule has 150 valence electrons. The van der Waals surface area contributed by atoms with Gasteiger partial charge in [0.05, 0.1) is 24.3 Å². The molecule has 7 heteroatoms. The van der Waals surface area contributed by atoms with E-state index >= 15 is 0 Å². The summed E-state index contributed by atoms with van der Waals surface area (Å²) in [5.74, 6) is -0.562. The van der Waals surface area contributed by atoms with E-state index in [9.17, 15) is 9.59 Å². The van der Waals surface area contributed by atoms with Gasteiger partial charge in [-0.1, -0.05) is 12.8 Å². The lowest BCUT2D eigenvalue weighted by molar-refractivity contribution is -0.152. The largest absolute Gasteiger partial charge is 0.452 e. The van der Waals surface area contributed by atoms with Crippen molar-refractivity contribution in [2.75, 3.05) is 19.8 Å². The van der Waals surface area contributed by atoms with E-state index < -0.39 is 5.97 Å². The summed E-state index contributed by atoms with van der Waals surface area (Å²) in [5, 5.41) is 0.830. The normalized spacial score (nSPS) is 22.0. The van der Waals surface area contributed by atoms with E-state index in [1.165, 1.54) is 0 Å². The fourth-order valence-corrected chi connectivity index (χ4v) is 5.30. The van der Waals surface area contributed by atoms with Gasteiger partial charge in [0, 0.05) is 23.8 Å². The van der Waals surface area contributed by atoms with E-state index in [-0.39, 0.29) is 24.7 Å². The maximum Gasteiger partial charge on any atom is 0.341 e. The molecular weight excluding hydrogens is 376 g/mol. The molecule has 1 amide bonds. The Bertz CT molecular complexity index is 856. The van der Waals surface area contributed by atoms with Crippen LogP contribution in [0, 0.1) is 13.8 Å². The van der Waals surface area contributed by atoms with Gasteiger partial charge in [-0.3, -0.25) is 4.79 Å². The van der Waals surface area contributed by atoms with Gasteiger partial charge in [0.1, 0.15) is 5.00 Å². The van der Waals surface area contributed by atoms with E-state index in [1.54, 1.807) is 11.3 Å². The van der Waals surface area contributed by atoms with Gasteiger partial charge in [-0.05, 0) is 44.4 Å². The average molecular weight is 403 g/mol. The number of aromatic nitrogens is 1. The topological polar surface area (TPSA) is 60.8 Å². The summed E-state index contributed by atoms with van der Waals surface area (Å²) in [6.45, 7) is 4.82. The van der Waals surface area contributed by atoms with E-state index in [1.807, 2.05) is 47.8 Å². The first kappa shape index (κ1) is 19.2. The summed E-state index contributed by atoms with van der Waals surface area (Å²) >= 11 is 1.55. The van der Waals surface area contributed by atoms with Gasteiger partial charge >= 0.3 is 5.97 Å². The highest BCUT2D eigenvalue weighted by molar-refractivity contribution is 7.15. The molecule has 6 nitrogen and oxygen atoms in total. The molecular formula is C21H26N2O4S. The van der Waals surface area contributed by atoms with Crippen molar-refractivity contribution >= 4 is 23.2 Å². The highest BCUT2D eigenvalue weighted by atomic mass is 32.1. The lowest BCUT2D eigenvalue weighted by atomic mass is 9.90. The average Bonchev–Trinajstić information content (AvgIpc) is 3.34. The van der Waals surface area contributed by atoms with Crippen LogP contribution in [0.25, 0.3) is 5.00 Å². The van der Waals surface area contributed by atoms with Crippen LogP contribution in [0.1, 0.15) is 46.5 Å². The molecule has 1 aliphatic heterocycles. The number of hydrogen-bond donors (Lipinski definition) is 0. The summed E-state index contributed by atoms with van der Waals surface area (Å²) < 4.78 is 13.2. The molecule has 0 aromatic carbocycles. The Hall–Kier alpha value is -2.12. The first-order valence-corrected chi connectivity index (χ1v) is 10.7. The Morgan fingerprint density at radius 1 is 1.21 bits per heavy atom. The first-order valence-electron chi connectivity index (χ1n) is 9.88. The molecule has 2 fully saturated rings. The van der Waals surface area contributed by atoms with Gasteiger partial charge < -0.3 is 18.9 Å². The van der Waals surface area contributed by atoms with Gasteiger partial charge in [-0.2, -0.15) is 0 Å². The third-order valence-corrected chi connectivity index (χ3v) is 7.01. The molecule has 2 aromatic heterocycles. The van der Waals surface area contributed by atoms with Crippen molar-refractivity contribution in [1.82, 2.24) is 9.47 Å². The highest BCUT2D eigenvalue weighted by Gasteiger charge is 2.37. The SMILES string of the molecule is Cc1sc(-n2cccc2)c(C(=O)OCC(=O)N2CCOC3CCCCC32)c1C. The number of thiophene rings is 1. The number of hydrogen-bond acceptors (Lipinski definition) is 5. The molecule has 0 radical (unpaired) electrons. The zero-order chi connectivity index (χ0) is 19.7. The van der Waals surface area contributed by atoms with Crippen molar-refractivity contribution < 1.29 is 19.1 Å². The second-order valence-corrected chi connectivity index (χ2v) is 8.68. The Labute approximate surface area is 169 Å². The van der Waals surface area contributed by atoms with Crippen molar-refractivity contribution in [3.05, 3.63) is 40.5 Å². The van der Waals surface area contributed by atoms with Gasteiger partial charge in [-0.15, -0.1) is 11.3 Å². The van der Waals surface area contributed by atoms with Crippen molar-refractivity contribution in [2.24, 2.45) is 0 Å². The number of ether oxygens (including phenoxy) is 2. The van der Waals surface area contributed by atoms with Crippen LogP contribution in [0.5, 0.6) is 0 Å². The maximum absolute atomic E-state index is 12.8. The van der Waals surface area contributed by atoms with E-state index in [0.29, 0.717) is 18.7 Å². The number of carbonyl (C=O) groups is 2. The zero-order valence-electron chi connectivity index (χ0n) is 16.3. The van der Waals surface area contributed by atoms with Gasteiger partial charge in [0.2, 0.25) is 0 Å². The second kappa shape index (κ2) is 8.09. The number of aryl methyl sites for hydroxylation is 1. The monoisotopic (exact) mass is 402 g/mol. The predicted molar refractivity (Wildman–Crippen MR) is 107 cm³/mol. The molecule has 2 atom stereocenters. The molecule has 2 aromatic rings. The number of esters is 1. The van der Waals surface area contributed by atoms with Crippen LogP contribution in [0.2, 0.25) is 0 Å². The zero-order valence-corrected chi connectivity index (χ0v) is 17.2. The van der Waals surface area contributed by atoms with Gasteiger partial charge in [0.15, 0.2) is 6.61 Å². The molecule has 4 rings (SSSR count). The lowest BCUT2D eigenvalue weighted by Crippen LogP contribution is -2.55. The number of carbonyl (C=O) groups excluding carboxylic acids is 2. The molecule has 2 unspecified atom stereocenters. The van der Waals surface area contributed by atoms with Crippen LogP contribution in [0.4, 0.5) is 0 Å². The number of morpholine rings is 1. The van der Waals surface area contributed by atoms with Crippen LogP contribution in [-0.2, 0) is 14.3 Å². The molecule has 3 heterocycles. The summed E-state index contributed by atoms with van der Waals surface area (Å²) in [7, 11) is 0. The molecule has 28 heavy (non-hydrogen) atoms. The Morgan fingerprint density at radius 3 is 2.75 bits per heavy atom. The van der Waals surface area contributed by atoms with Crippen LogP contribution < -0.4 is 0 Å². The molecule has 1 saturated heterocycles. The maximum atomic E-state index is 12.8. The molecule has 1 aliphatic carbocycles. The Balaban J connectivity index is 1.45. The van der Waals surface area contributed by atoms with Gasteiger partial charge in [0.25, 0.3) is 5.91 Å². The molecule has 0 N–H and O–H groups in total. The third-order valence-electron chi connectivity index (χ3n) is 5.79. The first-order chi connectivity index (χ1) is 13.6. The highest BCUT2D eigenvalue weighted by Crippen LogP contribution is 2.32. The van der Waals surface area contributed by atoms with Crippen molar-refractivity contribution in [3.63, 3.8) is 0 Å². The number of amides is 1. The lowest BCUT2D eigenvalue weighted by Gasteiger charge is -2.43. The molecule has 0 spiro atoms. The minimum Gasteiger partial charge on any atom is -0.452 e. The quantitative estimate of drug-likeness (QED) is 0.735. The minimum atomic E-state index is -0.438. The Kier molecular flexibility index (Phi) is 5.55. The summed E-state index contributed by atoms with van der Waals surface area (Å²) in [5.41, 5.74) is 1.45. The molecule has 0 bridgehead atoms. The number of rotatable bonds is 4. The van der Waals surface area contributed by atoms with Crippen LogP contribution in [0.3, 0.4) is 0 Å². The number of fused-ring (bicyclic) bond motifs is 1. The van der Waals surface area contributed by atoms with Crippen molar-refractivity contribution in [1.29, 1.82) is 0 Å². The van der Waals surface area contributed by atoms with Crippen LogP contribution >= 0.6 is 11.3 Å². The molecule has 1 saturated carbocycles. The third kappa shape index (κ3) is 3.61. The fourth-order valence-electron chi connectivity index (χ4n) is 4.19. The van der Waals surface area contributed by atoms with Crippen LogP contribution in [0.15, 0.2) is 24.5 Å². The van der Waals surface area contributed by atoms with E-state index in [0.717, 1.165) is 41.1 Å². The predicted octanol–water partition coefficient (Wildman–Crippen LogP) is 3.48. The summed E-state index contributed by atoms with van der Waals surface area (Å²) in [4.78, 5) is 28.6. The fraction of sp³-hybridized carbons (Fsp3) is 0.524. The van der Waals surface area contributed by atoms with Gasteiger partial charge in [-0.25, -0.2) is 4.79 Å². The van der Waals surface area contributed by atoms with E-state index in [4.69, 9.17) is 9.47 Å². The van der Waals surface area contributed by atoms with Crippen LogP contribution in [-0.4, -0.2) is 53.2 Å². The summed E-state index contributed by atoms with van der Waals surface area (Å²) in [6.07, 6.45) is 8.17. The molecule has 2 aliphatic rings.